The maximum atomic E-state index is 13.7. The minimum atomic E-state index is -0.445. The van der Waals surface area contributed by atoms with Crippen LogP contribution in [0.5, 0.6) is 0 Å². The average molecular weight is 430 g/mol. The molecule has 0 radical (unpaired) electrons. The van der Waals surface area contributed by atoms with Crippen LogP contribution in [0, 0.1) is 0 Å². The number of benzene rings is 1. The minimum Gasteiger partial charge on any atom is -0.342 e. The predicted molar refractivity (Wildman–Crippen MR) is 113 cm³/mol. The van der Waals surface area contributed by atoms with Crippen molar-refractivity contribution >= 4 is 29.4 Å². The molecule has 1 aromatic rings. The van der Waals surface area contributed by atoms with Crippen LogP contribution in [0.15, 0.2) is 24.3 Å². The fraction of sp³-hybridized carbons (Fsp3) is 0.609. The van der Waals surface area contributed by atoms with Crippen molar-refractivity contribution in [2.24, 2.45) is 0 Å². The summed E-state index contributed by atoms with van der Waals surface area (Å²) in [7, 11) is 0. The van der Waals surface area contributed by atoms with Gasteiger partial charge in [0.15, 0.2) is 0 Å². The van der Waals surface area contributed by atoms with E-state index in [0.29, 0.717) is 18.1 Å². The van der Waals surface area contributed by atoms with E-state index >= 15 is 0 Å². The number of rotatable bonds is 4. The van der Waals surface area contributed by atoms with Gasteiger partial charge in [-0.3, -0.25) is 14.5 Å². The van der Waals surface area contributed by atoms with Gasteiger partial charge in [-0.1, -0.05) is 36.6 Å². The molecular weight excluding hydrogens is 402 g/mol. The van der Waals surface area contributed by atoms with Gasteiger partial charge in [0.05, 0.1) is 5.41 Å². The third-order valence-corrected chi connectivity index (χ3v) is 7.65. The van der Waals surface area contributed by atoms with Crippen molar-refractivity contribution in [2.45, 2.75) is 68.9 Å². The Labute approximate surface area is 182 Å². The summed E-state index contributed by atoms with van der Waals surface area (Å²) in [5, 5.41) is 0.685. The van der Waals surface area contributed by atoms with Crippen LogP contribution < -0.4 is 0 Å². The molecule has 2 heterocycles. The Morgan fingerprint density at radius 1 is 0.933 bits per heavy atom. The summed E-state index contributed by atoms with van der Waals surface area (Å²) >= 11 is 6.07. The van der Waals surface area contributed by atoms with E-state index in [2.05, 4.69) is 0 Å². The van der Waals surface area contributed by atoms with Crippen LogP contribution in [-0.2, 0) is 15.0 Å². The Bertz CT molecular complexity index is 853. The van der Waals surface area contributed by atoms with E-state index in [1.807, 2.05) is 29.2 Å². The molecule has 160 valence electrons. The summed E-state index contributed by atoms with van der Waals surface area (Å²) in [5.41, 5.74) is 0.622. The van der Waals surface area contributed by atoms with Gasteiger partial charge in [-0.2, -0.15) is 0 Å². The molecule has 7 heteroatoms. The summed E-state index contributed by atoms with van der Waals surface area (Å²) in [6.45, 7) is 1.48. The molecule has 1 aromatic carbocycles. The highest BCUT2D eigenvalue weighted by Gasteiger charge is 2.49. The van der Waals surface area contributed by atoms with Gasteiger partial charge in [-0.15, -0.1) is 0 Å². The number of hydrogen-bond acceptors (Lipinski definition) is 3. The molecule has 2 saturated heterocycles. The summed E-state index contributed by atoms with van der Waals surface area (Å²) in [4.78, 5) is 43.8. The molecule has 0 spiro atoms. The topological polar surface area (TPSA) is 60.9 Å². The van der Waals surface area contributed by atoms with E-state index in [1.165, 1.54) is 4.90 Å². The molecule has 30 heavy (non-hydrogen) atoms. The molecule has 2 saturated carbocycles. The summed E-state index contributed by atoms with van der Waals surface area (Å²) in [6, 6.07) is 7.79. The van der Waals surface area contributed by atoms with E-state index in [4.69, 9.17) is 11.6 Å². The van der Waals surface area contributed by atoms with Crippen molar-refractivity contribution < 1.29 is 14.4 Å². The maximum absolute atomic E-state index is 13.7. The van der Waals surface area contributed by atoms with Crippen LogP contribution in [0.25, 0.3) is 0 Å². The van der Waals surface area contributed by atoms with Crippen LogP contribution >= 0.6 is 11.6 Å². The number of urea groups is 1. The molecule has 6 nitrogen and oxygen atoms in total. The lowest BCUT2D eigenvalue weighted by molar-refractivity contribution is -0.139. The van der Waals surface area contributed by atoms with E-state index < -0.39 is 5.41 Å². The number of nitrogens with zero attached hydrogens (tertiary/aromatic N) is 3. The van der Waals surface area contributed by atoms with Crippen LogP contribution in [-0.4, -0.2) is 64.3 Å². The number of likely N-dealkylation sites (tertiary alicyclic amines) is 1. The second-order valence-corrected chi connectivity index (χ2v) is 9.66. The SMILES string of the molecule is O=C1CN(C2CCN(C(=O)C3(c4ccc(Cl)cc4)CCCC3)CC2)C(=O)N1C1CC1. The largest absolute Gasteiger partial charge is 0.342 e. The van der Waals surface area contributed by atoms with Crippen molar-refractivity contribution in [3.63, 3.8) is 0 Å². The lowest BCUT2D eigenvalue weighted by atomic mass is 9.77. The van der Waals surface area contributed by atoms with Gasteiger partial charge >= 0.3 is 6.03 Å². The molecule has 4 aliphatic rings. The Hall–Kier alpha value is -2.08. The fourth-order valence-corrected chi connectivity index (χ4v) is 5.70. The molecule has 0 unspecified atom stereocenters. The number of amides is 4. The van der Waals surface area contributed by atoms with Crippen LogP contribution in [0.3, 0.4) is 0 Å². The van der Waals surface area contributed by atoms with Crippen molar-refractivity contribution in [1.29, 1.82) is 0 Å². The van der Waals surface area contributed by atoms with Gasteiger partial charge < -0.3 is 9.80 Å². The minimum absolute atomic E-state index is 0.0457. The molecule has 0 bridgehead atoms. The first-order valence-corrected chi connectivity index (χ1v) is 11.6. The average Bonchev–Trinajstić information content (AvgIpc) is 3.37. The highest BCUT2D eigenvalue weighted by molar-refractivity contribution is 6.30. The second-order valence-electron chi connectivity index (χ2n) is 9.22. The highest BCUT2D eigenvalue weighted by atomic mass is 35.5. The van der Waals surface area contributed by atoms with Gasteiger partial charge in [0.2, 0.25) is 5.91 Å². The Kier molecular flexibility index (Phi) is 5.00. The molecule has 4 amide bonds. The molecular formula is C23H28ClN3O3. The van der Waals surface area contributed by atoms with Crippen molar-refractivity contribution in [3.05, 3.63) is 34.9 Å². The number of halogens is 1. The first-order valence-electron chi connectivity index (χ1n) is 11.2. The Morgan fingerprint density at radius 3 is 2.17 bits per heavy atom. The zero-order valence-corrected chi connectivity index (χ0v) is 17.9. The van der Waals surface area contributed by atoms with Crippen molar-refractivity contribution in [3.8, 4) is 0 Å². The van der Waals surface area contributed by atoms with E-state index in [1.54, 1.807) is 4.90 Å². The zero-order valence-electron chi connectivity index (χ0n) is 17.2. The van der Waals surface area contributed by atoms with E-state index in [0.717, 1.165) is 56.9 Å². The van der Waals surface area contributed by atoms with Crippen LogP contribution in [0.4, 0.5) is 4.79 Å². The highest BCUT2D eigenvalue weighted by Crippen LogP contribution is 2.43. The number of piperidine rings is 1. The lowest BCUT2D eigenvalue weighted by Crippen LogP contribution is -2.52. The first kappa shape index (κ1) is 19.9. The van der Waals surface area contributed by atoms with E-state index in [9.17, 15) is 14.4 Å². The van der Waals surface area contributed by atoms with Gasteiger partial charge in [0.1, 0.15) is 6.54 Å². The molecule has 2 aliphatic heterocycles. The van der Waals surface area contributed by atoms with Crippen LogP contribution in [0.2, 0.25) is 5.02 Å². The summed E-state index contributed by atoms with van der Waals surface area (Å²) in [5.74, 6) is 0.151. The van der Waals surface area contributed by atoms with E-state index in [-0.39, 0.29) is 36.5 Å². The molecule has 2 aliphatic carbocycles. The number of imide groups is 1. The second kappa shape index (κ2) is 7.56. The van der Waals surface area contributed by atoms with Crippen molar-refractivity contribution in [2.75, 3.05) is 19.6 Å². The maximum Gasteiger partial charge on any atom is 0.327 e. The molecule has 0 aromatic heterocycles. The summed E-state index contributed by atoms with van der Waals surface area (Å²) in [6.07, 6.45) is 7.22. The number of carbonyl (C=O) groups excluding carboxylic acids is 3. The molecule has 4 fully saturated rings. The monoisotopic (exact) mass is 429 g/mol. The van der Waals surface area contributed by atoms with Crippen LogP contribution in [0.1, 0.15) is 56.9 Å². The molecule has 5 rings (SSSR count). The van der Waals surface area contributed by atoms with Gasteiger partial charge in [0.25, 0.3) is 5.91 Å². The lowest BCUT2D eigenvalue weighted by Gasteiger charge is -2.40. The third-order valence-electron chi connectivity index (χ3n) is 7.39. The normalized spacial score (nSPS) is 24.8. The third kappa shape index (κ3) is 3.29. The van der Waals surface area contributed by atoms with Crippen molar-refractivity contribution in [1.82, 2.24) is 14.7 Å². The number of hydrogen-bond donors (Lipinski definition) is 0. The number of carbonyl (C=O) groups is 3. The predicted octanol–water partition coefficient (Wildman–Crippen LogP) is 3.57. The zero-order chi connectivity index (χ0) is 20.9. The van der Waals surface area contributed by atoms with Gasteiger partial charge in [-0.05, 0) is 56.2 Å². The Balaban J connectivity index is 1.27. The fourth-order valence-electron chi connectivity index (χ4n) is 5.57. The Morgan fingerprint density at radius 2 is 1.57 bits per heavy atom. The molecule has 0 atom stereocenters. The standard InChI is InChI=1S/C23H28ClN3O3/c24-17-5-3-16(4-6-17)23(11-1-2-12-23)21(29)25-13-9-18(10-14-25)26-15-20(28)27(22(26)30)19-7-8-19/h3-6,18-19H,1-2,7-15H2. The summed E-state index contributed by atoms with van der Waals surface area (Å²) < 4.78 is 0. The van der Waals surface area contributed by atoms with Gasteiger partial charge in [0, 0.05) is 30.2 Å². The molecule has 0 N–H and O–H groups in total. The first-order chi connectivity index (χ1) is 14.5. The quantitative estimate of drug-likeness (QED) is 0.687. The smallest absolute Gasteiger partial charge is 0.327 e. The van der Waals surface area contributed by atoms with Gasteiger partial charge in [-0.25, -0.2) is 4.79 Å².